The predicted octanol–water partition coefficient (Wildman–Crippen LogP) is 3.27. The molecule has 3 aromatic rings. The van der Waals surface area contributed by atoms with Crippen molar-refractivity contribution in [1.29, 1.82) is 5.26 Å². The normalized spacial score (nSPS) is 20.8. The standard InChI is InChI=1S/C35H42ClFN10O2/c1-40-19-24(43-39)18-29(37)34(48)47-17-16-46(20-25(47)11-13-38)33-27-12-15-45(31-10-4-7-23-6-3-9-28(36)32(23)31)21-30(27)41-35(42-33)49-22-26-8-5-14-44(26)2/h3-4,6-7,9-10,18-19,25-26,43,48H,5,8,11-12,14-17,20-22,39H2,1-2H3/p-1/b24-18-,34-29-,40-19?/t25?,26-/m0/s1. The van der Waals surface area contributed by atoms with Crippen LogP contribution in [0.4, 0.5) is 15.9 Å². The van der Waals surface area contributed by atoms with E-state index in [2.05, 4.69) is 56.4 Å². The van der Waals surface area contributed by atoms with Gasteiger partial charge in [-0.2, -0.15) is 15.2 Å². The van der Waals surface area contributed by atoms with Crippen LogP contribution >= 0.6 is 11.6 Å². The molecule has 6 rings (SSSR count). The maximum absolute atomic E-state index is 15.1. The summed E-state index contributed by atoms with van der Waals surface area (Å²) in [4.78, 5) is 21.8. The Hall–Kier alpha value is -4.64. The number of nitrogens with two attached hydrogens (primary N) is 1. The SMILES string of the molecule is CN=C/C(=C/C(F)=C(/[O-])N1CCN(c2nc(OC[C@@H]3CCCN3C)nc3c2CCN(c2cccc4cccc(Cl)c24)C3)CC1CC#N)NN. The second kappa shape index (κ2) is 15.3. The van der Waals surface area contributed by atoms with E-state index in [0.717, 1.165) is 59.0 Å². The second-order valence-corrected chi connectivity index (χ2v) is 13.0. The highest BCUT2D eigenvalue weighted by molar-refractivity contribution is 6.36. The Kier molecular flexibility index (Phi) is 10.7. The minimum Gasteiger partial charge on any atom is -0.858 e. The Labute approximate surface area is 290 Å². The molecule has 0 bridgehead atoms. The van der Waals surface area contributed by atoms with Crippen molar-refractivity contribution in [1.82, 2.24) is 25.2 Å². The van der Waals surface area contributed by atoms with Crippen LogP contribution in [0.25, 0.3) is 10.8 Å². The lowest BCUT2D eigenvalue weighted by molar-refractivity contribution is -0.339. The first-order valence-corrected chi connectivity index (χ1v) is 16.9. The fourth-order valence-corrected chi connectivity index (χ4v) is 7.29. The zero-order chi connectivity index (χ0) is 34.5. The first-order valence-electron chi connectivity index (χ1n) is 16.5. The first-order chi connectivity index (χ1) is 23.8. The number of halogens is 2. The number of rotatable bonds is 10. The number of nitrogens with one attached hydrogen (secondary N) is 1. The van der Waals surface area contributed by atoms with E-state index in [1.54, 1.807) is 0 Å². The van der Waals surface area contributed by atoms with E-state index < -0.39 is 17.8 Å². The first kappa shape index (κ1) is 34.2. The summed E-state index contributed by atoms with van der Waals surface area (Å²) < 4.78 is 21.4. The van der Waals surface area contributed by atoms with Crippen LogP contribution < -0.4 is 30.9 Å². The smallest absolute Gasteiger partial charge is 0.318 e. The summed E-state index contributed by atoms with van der Waals surface area (Å²) in [5, 5.41) is 25.7. The van der Waals surface area contributed by atoms with Gasteiger partial charge in [0.1, 0.15) is 18.3 Å². The third-order valence-corrected chi connectivity index (χ3v) is 9.88. The molecule has 2 atom stereocenters. The van der Waals surface area contributed by atoms with Gasteiger partial charge in [0.15, 0.2) is 0 Å². The highest BCUT2D eigenvalue weighted by atomic mass is 35.5. The fraction of sp³-hybridized carbons (Fsp3) is 0.429. The van der Waals surface area contributed by atoms with Crippen molar-refractivity contribution in [2.75, 3.05) is 63.2 Å². The number of ether oxygens (including phenoxy) is 1. The third kappa shape index (κ3) is 7.36. The van der Waals surface area contributed by atoms with Gasteiger partial charge < -0.3 is 34.9 Å². The molecule has 49 heavy (non-hydrogen) atoms. The quantitative estimate of drug-likeness (QED) is 0.107. The van der Waals surface area contributed by atoms with Gasteiger partial charge in [-0.1, -0.05) is 35.9 Å². The van der Waals surface area contributed by atoms with Gasteiger partial charge >= 0.3 is 6.01 Å². The van der Waals surface area contributed by atoms with Crippen LogP contribution in [0.3, 0.4) is 0 Å². The van der Waals surface area contributed by atoms with Gasteiger partial charge in [-0.15, -0.1) is 0 Å². The molecule has 2 saturated heterocycles. The van der Waals surface area contributed by atoms with E-state index >= 15 is 4.39 Å². The number of fused-ring (bicyclic) bond motifs is 2. The molecule has 0 saturated carbocycles. The number of hydrazine groups is 1. The van der Waals surface area contributed by atoms with E-state index in [1.165, 1.54) is 18.2 Å². The number of piperazine rings is 1. The number of anilines is 2. The Morgan fingerprint density at radius 2 is 2.00 bits per heavy atom. The lowest BCUT2D eigenvalue weighted by Crippen LogP contribution is -2.55. The minimum absolute atomic E-state index is 0.0257. The number of likely N-dealkylation sites (N-methyl/N-ethyl adjacent to an activating group) is 1. The number of aromatic nitrogens is 2. The maximum atomic E-state index is 15.1. The van der Waals surface area contributed by atoms with Gasteiger partial charge in [-0.05, 0) is 56.3 Å². The number of aliphatic imine (C=N–C) groups is 1. The van der Waals surface area contributed by atoms with Crippen molar-refractivity contribution in [2.24, 2.45) is 10.8 Å². The summed E-state index contributed by atoms with van der Waals surface area (Å²) >= 11 is 6.71. The van der Waals surface area contributed by atoms with Gasteiger partial charge in [-0.25, -0.2) is 4.39 Å². The van der Waals surface area contributed by atoms with Crippen LogP contribution in [0.5, 0.6) is 6.01 Å². The van der Waals surface area contributed by atoms with Crippen molar-refractivity contribution in [3.63, 3.8) is 0 Å². The Bertz CT molecular complexity index is 1810. The average Bonchev–Trinajstić information content (AvgIpc) is 3.53. The zero-order valence-corrected chi connectivity index (χ0v) is 28.5. The van der Waals surface area contributed by atoms with Crippen LogP contribution in [0, 0.1) is 11.3 Å². The number of likely N-dealkylation sites (tertiary alicyclic amines) is 1. The highest BCUT2D eigenvalue weighted by Gasteiger charge is 2.33. The van der Waals surface area contributed by atoms with E-state index in [9.17, 15) is 10.4 Å². The Morgan fingerprint density at radius 1 is 1.18 bits per heavy atom. The molecule has 3 N–H and O–H groups in total. The number of hydrogen-bond donors (Lipinski definition) is 2. The number of allylic oxidation sites excluding steroid dienone is 3. The molecule has 3 aliphatic rings. The molecule has 4 heterocycles. The van der Waals surface area contributed by atoms with Crippen molar-refractivity contribution >= 4 is 40.1 Å². The number of hydrogen-bond acceptors (Lipinski definition) is 12. The van der Waals surface area contributed by atoms with Crippen molar-refractivity contribution in [3.8, 4) is 12.1 Å². The maximum Gasteiger partial charge on any atom is 0.318 e. The molecule has 2 aromatic carbocycles. The molecule has 1 unspecified atom stereocenters. The summed E-state index contributed by atoms with van der Waals surface area (Å²) in [5.74, 6) is 4.37. The molecule has 1 aromatic heterocycles. The van der Waals surface area contributed by atoms with Crippen LogP contribution in [0.15, 0.2) is 64.9 Å². The molecule has 12 nitrogen and oxygen atoms in total. The van der Waals surface area contributed by atoms with Crippen LogP contribution in [-0.4, -0.2) is 91.5 Å². The lowest BCUT2D eigenvalue weighted by Gasteiger charge is -2.46. The highest BCUT2D eigenvalue weighted by Crippen LogP contribution is 2.37. The minimum atomic E-state index is -0.996. The van der Waals surface area contributed by atoms with Gasteiger partial charge in [0.05, 0.1) is 41.5 Å². The molecule has 14 heteroatoms. The molecule has 0 amide bonds. The van der Waals surface area contributed by atoms with Crippen molar-refractivity contribution in [2.45, 2.75) is 44.3 Å². The summed E-state index contributed by atoms with van der Waals surface area (Å²) in [7, 11) is 3.61. The molecule has 0 aliphatic carbocycles. The molecule has 2 fully saturated rings. The Morgan fingerprint density at radius 3 is 2.73 bits per heavy atom. The fourth-order valence-electron chi connectivity index (χ4n) is 7.01. The van der Waals surface area contributed by atoms with Crippen LogP contribution in [0.1, 0.15) is 30.5 Å². The summed E-state index contributed by atoms with van der Waals surface area (Å²) in [6.07, 6.45) is 5.18. The van der Waals surface area contributed by atoms with Gasteiger partial charge in [-0.3, -0.25) is 10.8 Å². The van der Waals surface area contributed by atoms with Gasteiger partial charge in [0.2, 0.25) is 0 Å². The summed E-state index contributed by atoms with van der Waals surface area (Å²) in [5.41, 5.74) is 5.37. The molecule has 3 aliphatic heterocycles. The lowest BCUT2D eigenvalue weighted by atomic mass is 10.0. The number of benzene rings is 2. The molecular formula is C35H41ClFN10O2-. The van der Waals surface area contributed by atoms with Gasteiger partial charge in [0.25, 0.3) is 0 Å². The summed E-state index contributed by atoms with van der Waals surface area (Å²) in [6, 6.07) is 14.3. The molecule has 0 spiro atoms. The topological polar surface area (TPSA) is 145 Å². The summed E-state index contributed by atoms with van der Waals surface area (Å²) in [6.45, 7) is 3.63. The van der Waals surface area contributed by atoms with Crippen LogP contribution in [0.2, 0.25) is 5.02 Å². The second-order valence-electron chi connectivity index (χ2n) is 12.6. The molecule has 258 valence electrons. The largest absolute Gasteiger partial charge is 0.858 e. The average molecular weight is 688 g/mol. The number of nitriles is 1. The predicted molar refractivity (Wildman–Crippen MR) is 188 cm³/mol. The number of nitrogens with zero attached hydrogens (tertiary/aromatic N) is 8. The van der Waals surface area contributed by atoms with E-state index in [4.69, 9.17) is 32.1 Å². The Balaban J connectivity index is 1.32. The molecular weight excluding hydrogens is 647 g/mol. The van der Waals surface area contributed by atoms with Crippen molar-refractivity contribution < 1.29 is 14.2 Å². The van der Waals surface area contributed by atoms with Crippen molar-refractivity contribution in [3.05, 3.63) is 76.2 Å². The van der Waals surface area contributed by atoms with E-state index in [-0.39, 0.29) is 24.7 Å². The van der Waals surface area contributed by atoms with E-state index in [1.807, 2.05) is 18.2 Å². The van der Waals surface area contributed by atoms with Gasteiger partial charge in [0, 0.05) is 68.2 Å². The third-order valence-electron chi connectivity index (χ3n) is 9.56. The van der Waals surface area contributed by atoms with E-state index in [0.29, 0.717) is 50.2 Å². The zero-order valence-electron chi connectivity index (χ0n) is 27.8. The molecule has 0 radical (unpaired) electrons. The monoisotopic (exact) mass is 687 g/mol. The van der Waals surface area contributed by atoms with Crippen LogP contribution in [-0.2, 0) is 13.0 Å².